The molecule has 90 valence electrons. The first kappa shape index (κ1) is 12.8. The van der Waals surface area contributed by atoms with Gasteiger partial charge in [-0.05, 0) is 37.1 Å². The van der Waals surface area contributed by atoms with E-state index in [0.29, 0.717) is 0 Å². The molecule has 0 aliphatic rings. The Morgan fingerprint density at radius 1 is 1.19 bits per heavy atom. The lowest BCUT2D eigenvalue weighted by Gasteiger charge is -2.27. The van der Waals surface area contributed by atoms with Crippen LogP contribution in [-0.2, 0) is 0 Å². The lowest BCUT2D eigenvalue weighted by molar-refractivity contribution is -0.0266. The second kappa shape index (κ2) is 5.21. The molecule has 1 atom stereocenters. The van der Waals surface area contributed by atoms with Crippen molar-refractivity contribution in [3.8, 4) is 11.5 Å². The highest BCUT2D eigenvalue weighted by atomic mass is 16.5. The minimum Gasteiger partial charge on any atom is -0.497 e. The van der Waals surface area contributed by atoms with Crippen molar-refractivity contribution in [2.75, 3.05) is 13.7 Å². The first-order chi connectivity index (χ1) is 7.45. The van der Waals surface area contributed by atoms with Crippen LogP contribution in [0.15, 0.2) is 24.3 Å². The van der Waals surface area contributed by atoms with Crippen molar-refractivity contribution < 1.29 is 14.6 Å². The van der Waals surface area contributed by atoms with Gasteiger partial charge in [0.25, 0.3) is 0 Å². The summed E-state index contributed by atoms with van der Waals surface area (Å²) in [5.74, 6) is 1.69. The molecular formula is C13H20O3. The average Bonchev–Trinajstić information content (AvgIpc) is 2.27. The van der Waals surface area contributed by atoms with Crippen LogP contribution in [0.4, 0.5) is 0 Å². The molecule has 0 fully saturated rings. The van der Waals surface area contributed by atoms with Gasteiger partial charge < -0.3 is 14.6 Å². The molecule has 1 N–H and O–H groups in total. The van der Waals surface area contributed by atoms with E-state index >= 15 is 0 Å². The normalized spacial score (nSPS) is 14.6. The third-order valence-electron chi connectivity index (χ3n) is 2.83. The molecule has 0 aliphatic heterocycles. The van der Waals surface area contributed by atoms with Crippen LogP contribution in [0.2, 0.25) is 0 Å². The number of methoxy groups -OCH3 is 1. The monoisotopic (exact) mass is 224 g/mol. The second-order valence-electron chi connectivity index (χ2n) is 4.48. The van der Waals surface area contributed by atoms with Crippen molar-refractivity contribution in [1.82, 2.24) is 0 Å². The van der Waals surface area contributed by atoms with E-state index in [4.69, 9.17) is 9.47 Å². The molecular weight excluding hydrogens is 204 g/mol. The maximum Gasteiger partial charge on any atom is 0.119 e. The maximum atomic E-state index is 10.0. The van der Waals surface area contributed by atoms with E-state index in [2.05, 4.69) is 0 Å². The largest absolute Gasteiger partial charge is 0.497 e. The van der Waals surface area contributed by atoms with Gasteiger partial charge in [0.15, 0.2) is 0 Å². The lowest BCUT2D eigenvalue weighted by Crippen LogP contribution is -2.37. The number of benzene rings is 1. The second-order valence-corrected chi connectivity index (χ2v) is 4.48. The predicted octanol–water partition coefficient (Wildman–Crippen LogP) is 2.48. The predicted molar refractivity (Wildman–Crippen MR) is 64.0 cm³/mol. The van der Waals surface area contributed by atoms with Gasteiger partial charge in [-0.1, -0.05) is 13.8 Å². The lowest BCUT2D eigenvalue weighted by atomic mass is 9.94. The van der Waals surface area contributed by atoms with Gasteiger partial charge in [-0.25, -0.2) is 0 Å². The van der Waals surface area contributed by atoms with Crippen LogP contribution in [0, 0.1) is 5.92 Å². The fraction of sp³-hybridized carbons (Fsp3) is 0.538. The summed E-state index contributed by atoms with van der Waals surface area (Å²) >= 11 is 0. The molecule has 0 heterocycles. The molecule has 1 aromatic rings. The molecule has 0 bridgehead atoms. The molecule has 0 amide bonds. The average molecular weight is 224 g/mol. The zero-order valence-electron chi connectivity index (χ0n) is 10.4. The van der Waals surface area contributed by atoms with Crippen LogP contribution in [-0.4, -0.2) is 24.4 Å². The molecule has 3 heteroatoms. The van der Waals surface area contributed by atoms with Crippen molar-refractivity contribution >= 4 is 0 Å². The van der Waals surface area contributed by atoms with Gasteiger partial charge in [-0.2, -0.15) is 0 Å². The zero-order chi connectivity index (χ0) is 12.2. The molecule has 16 heavy (non-hydrogen) atoms. The topological polar surface area (TPSA) is 38.7 Å². The highest BCUT2D eigenvalue weighted by Crippen LogP contribution is 2.21. The van der Waals surface area contributed by atoms with Gasteiger partial charge in [0.2, 0.25) is 0 Å². The number of hydrogen-bond acceptors (Lipinski definition) is 3. The summed E-state index contributed by atoms with van der Waals surface area (Å²) in [5.41, 5.74) is -0.806. The first-order valence-corrected chi connectivity index (χ1v) is 5.45. The zero-order valence-corrected chi connectivity index (χ0v) is 10.4. The van der Waals surface area contributed by atoms with Crippen LogP contribution in [0.3, 0.4) is 0 Å². The standard InChI is InChI=1S/C13H20O3/c1-10(2)13(3,14)9-16-12-7-5-11(15-4)6-8-12/h5-8,10,14H,9H2,1-4H3. The highest BCUT2D eigenvalue weighted by Gasteiger charge is 2.25. The summed E-state index contributed by atoms with van der Waals surface area (Å²) in [4.78, 5) is 0. The van der Waals surface area contributed by atoms with Gasteiger partial charge >= 0.3 is 0 Å². The smallest absolute Gasteiger partial charge is 0.119 e. The van der Waals surface area contributed by atoms with Crippen LogP contribution in [0.25, 0.3) is 0 Å². The number of hydrogen-bond donors (Lipinski definition) is 1. The van der Waals surface area contributed by atoms with Crippen molar-refractivity contribution in [1.29, 1.82) is 0 Å². The first-order valence-electron chi connectivity index (χ1n) is 5.45. The van der Waals surface area contributed by atoms with Crippen LogP contribution in [0.1, 0.15) is 20.8 Å². The van der Waals surface area contributed by atoms with Crippen LogP contribution < -0.4 is 9.47 Å². The number of rotatable bonds is 5. The Morgan fingerprint density at radius 2 is 1.69 bits per heavy atom. The SMILES string of the molecule is COc1ccc(OCC(C)(O)C(C)C)cc1. The molecule has 0 saturated heterocycles. The fourth-order valence-corrected chi connectivity index (χ4v) is 1.07. The van der Waals surface area contributed by atoms with Crippen molar-refractivity contribution in [3.05, 3.63) is 24.3 Å². The van der Waals surface area contributed by atoms with E-state index in [1.165, 1.54) is 0 Å². The summed E-state index contributed by atoms with van der Waals surface area (Å²) in [6.07, 6.45) is 0. The molecule has 0 aliphatic carbocycles. The Hall–Kier alpha value is -1.22. The molecule has 0 radical (unpaired) electrons. The molecule has 3 nitrogen and oxygen atoms in total. The summed E-state index contributed by atoms with van der Waals surface area (Å²) in [5, 5.41) is 10.0. The van der Waals surface area contributed by atoms with Gasteiger partial charge in [0, 0.05) is 0 Å². The summed E-state index contributed by atoms with van der Waals surface area (Å²) in [7, 11) is 1.62. The maximum absolute atomic E-state index is 10.0. The van der Waals surface area contributed by atoms with E-state index in [0.717, 1.165) is 11.5 Å². The van der Waals surface area contributed by atoms with E-state index in [9.17, 15) is 5.11 Å². The molecule has 1 aromatic carbocycles. The van der Waals surface area contributed by atoms with Gasteiger partial charge in [-0.15, -0.1) is 0 Å². The van der Waals surface area contributed by atoms with E-state index in [1.54, 1.807) is 14.0 Å². The summed E-state index contributed by atoms with van der Waals surface area (Å²) in [6, 6.07) is 7.32. The minimum atomic E-state index is -0.806. The summed E-state index contributed by atoms with van der Waals surface area (Å²) < 4.78 is 10.6. The van der Waals surface area contributed by atoms with E-state index < -0.39 is 5.60 Å². The third-order valence-corrected chi connectivity index (χ3v) is 2.83. The van der Waals surface area contributed by atoms with Crippen molar-refractivity contribution in [2.24, 2.45) is 5.92 Å². The van der Waals surface area contributed by atoms with Crippen molar-refractivity contribution in [3.63, 3.8) is 0 Å². The van der Waals surface area contributed by atoms with Crippen LogP contribution in [0.5, 0.6) is 11.5 Å². The van der Waals surface area contributed by atoms with Crippen LogP contribution >= 0.6 is 0 Å². The molecule has 1 unspecified atom stereocenters. The third kappa shape index (κ3) is 3.42. The Labute approximate surface area is 97.0 Å². The molecule has 0 saturated carbocycles. The molecule has 0 spiro atoms. The Kier molecular flexibility index (Phi) is 4.19. The Morgan fingerprint density at radius 3 is 2.12 bits per heavy atom. The summed E-state index contributed by atoms with van der Waals surface area (Å²) in [6.45, 7) is 6.01. The van der Waals surface area contributed by atoms with E-state index in [-0.39, 0.29) is 12.5 Å². The fourth-order valence-electron chi connectivity index (χ4n) is 1.07. The number of ether oxygens (including phenoxy) is 2. The van der Waals surface area contributed by atoms with Gasteiger partial charge in [-0.3, -0.25) is 0 Å². The highest BCUT2D eigenvalue weighted by molar-refractivity contribution is 5.31. The van der Waals surface area contributed by atoms with E-state index in [1.807, 2.05) is 38.1 Å². The van der Waals surface area contributed by atoms with Gasteiger partial charge in [0.05, 0.1) is 12.7 Å². The minimum absolute atomic E-state index is 0.158. The molecule has 0 aromatic heterocycles. The quantitative estimate of drug-likeness (QED) is 0.835. The molecule has 1 rings (SSSR count). The Bertz CT molecular complexity index is 314. The number of aliphatic hydroxyl groups is 1. The van der Waals surface area contributed by atoms with Gasteiger partial charge in [0.1, 0.15) is 18.1 Å². The Balaban J connectivity index is 2.54. The van der Waals surface area contributed by atoms with Crippen molar-refractivity contribution in [2.45, 2.75) is 26.4 Å².